The van der Waals surface area contributed by atoms with Crippen molar-refractivity contribution in [2.24, 2.45) is 5.73 Å². The molecule has 0 bridgehead atoms. The highest BCUT2D eigenvalue weighted by atomic mass is 19.1. The normalized spacial score (nSPS) is 16.3. The van der Waals surface area contributed by atoms with Crippen LogP contribution in [-0.2, 0) is 11.2 Å². The molecule has 0 radical (unpaired) electrons. The quantitative estimate of drug-likeness (QED) is 0.778. The van der Waals surface area contributed by atoms with E-state index in [1.807, 2.05) is 19.9 Å². The lowest BCUT2D eigenvalue weighted by Crippen LogP contribution is -2.52. The molecule has 102 valence electrons. The van der Waals surface area contributed by atoms with E-state index in [1.165, 1.54) is 6.07 Å². The van der Waals surface area contributed by atoms with Crippen molar-refractivity contribution in [1.29, 1.82) is 0 Å². The van der Waals surface area contributed by atoms with Crippen LogP contribution in [0.2, 0.25) is 0 Å². The monoisotopic (exact) mass is 254 g/mol. The minimum atomic E-state index is -0.324. The number of benzene rings is 1. The summed E-state index contributed by atoms with van der Waals surface area (Å²) in [4.78, 5) is 0. The number of methoxy groups -OCH3 is 1. The molecule has 0 amide bonds. The van der Waals surface area contributed by atoms with Crippen molar-refractivity contribution in [3.05, 3.63) is 35.6 Å². The van der Waals surface area contributed by atoms with E-state index in [1.54, 1.807) is 19.2 Å². The fourth-order valence-electron chi connectivity index (χ4n) is 1.74. The van der Waals surface area contributed by atoms with Gasteiger partial charge in [-0.15, -0.1) is 0 Å². The lowest BCUT2D eigenvalue weighted by atomic mass is 9.92. The Bertz CT molecular complexity index is 373. The lowest BCUT2D eigenvalue weighted by Gasteiger charge is -2.31. The van der Waals surface area contributed by atoms with Gasteiger partial charge in [0.2, 0.25) is 0 Å². The van der Waals surface area contributed by atoms with Gasteiger partial charge in [-0.1, -0.05) is 18.2 Å². The van der Waals surface area contributed by atoms with Gasteiger partial charge in [0.05, 0.1) is 6.10 Å². The maximum atomic E-state index is 13.6. The first-order chi connectivity index (χ1) is 8.50. The average Bonchev–Trinajstić information content (AvgIpc) is 2.39. The molecule has 1 aromatic carbocycles. The zero-order valence-electron chi connectivity index (χ0n) is 11.4. The molecular weight excluding hydrogens is 231 g/mol. The van der Waals surface area contributed by atoms with Gasteiger partial charge in [0.15, 0.2) is 0 Å². The van der Waals surface area contributed by atoms with Crippen molar-refractivity contribution < 1.29 is 9.13 Å². The maximum Gasteiger partial charge on any atom is 0.126 e. The Morgan fingerprint density at radius 3 is 2.67 bits per heavy atom. The first-order valence-electron chi connectivity index (χ1n) is 6.22. The molecule has 0 heterocycles. The molecule has 3 N–H and O–H groups in total. The molecule has 18 heavy (non-hydrogen) atoms. The molecule has 0 aromatic heterocycles. The molecule has 3 nitrogen and oxygen atoms in total. The van der Waals surface area contributed by atoms with Gasteiger partial charge in [0.1, 0.15) is 5.82 Å². The van der Waals surface area contributed by atoms with Crippen LogP contribution in [0.1, 0.15) is 19.4 Å². The predicted octanol–water partition coefficient (Wildman–Crippen LogP) is 1.71. The topological polar surface area (TPSA) is 47.3 Å². The van der Waals surface area contributed by atoms with E-state index in [2.05, 4.69) is 5.32 Å². The van der Waals surface area contributed by atoms with Crippen molar-refractivity contribution in [3.63, 3.8) is 0 Å². The van der Waals surface area contributed by atoms with Crippen LogP contribution in [0.3, 0.4) is 0 Å². The van der Waals surface area contributed by atoms with Crippen LogP contribution in [0.15, 0.2) is 24.3 Å². The number of nitrogens with two attached hydrogens (primary N) is 1. The molecule has 0 saturated heterocycles. The second-order valence-electron chi connectivity index (χ2n) is 4.96. The van der Waals surface area contributed by atoms with Crippen LogP contribution >= 0.6 is 0 Å². The highest BCUT2D eigenvalue weighted by molar-refractivity contribution is 5.20. The minimum Gasteiger partial charge on any atom is -0.380 e. The lowest BCUT2D eigenvalue weighted by molar-refractivity contribution is 0.108. The van der Waals surface area contributed by atoms with Crippen molar-refractivity contribution in [2.45, 2.75) is 31.9 Å². The molecule has 0 spiro atoms. The average molecular weight is 254 g/mol. The Balaban J connectivity index is 2.67. The zero-order chi connectivity index (χ0) is 13.6. The summed E-state index contributed by atoms with van der Waals surface area (Å²) in [5.41, 5.74) is 6.17. The van der Waals surface area contributed by atoms with Gasteiger partial charge in [-0.2, -0.15) is 0 Å². The summed E-state index contributed by atoms with van der Waals surface area (Å²) >= 11 is 0. The third-order valence-electron chi connectivity index (χ3n) is 3.21. The second kappa shape index (κ2) is 6.83. The summed E-state index contributed by atoms with van der Waals surface area (Å²) in [6, 6.07) is 6.81. The largest absolute Gasteiger partial charge is 0.380 e. The fraction of sp³-hybridized carbons (Fsp3) is 0.571. The highest BCUT2D eigenvalue weighted by Crippen LogP contribution is 2.15. The Morgan fingerprint density at radius 1 is 1.44 bits per heavy atom. The van der Waals surface area contributed by atoms with Crippen molar-refractivity contribution in [2.75, 3.05) is 20.2 Å². The third kappa shape index (κ3) is 4.37. The molecule has 2 atom stereocenters. The van der Waals surface area contributed by atoms with Gasteiger partial charge in [-0.25, -0.2) is 4.39 Å². The van der Waals surface area contributed by atoms with Crippen molar-refractivity contribution in [3.8, 4) is 0 Å². The van der Waals surface area contributed by atoms with Gasteiger partial charge >= 0.3 is 0 Å². The number of hydrogen-bond donors (Lipinski definition) is 2. The summed E-state index contributed by atoms with van der Waals surface area (Å²) in [5, 5.41) is 3.36. The van der Waals surface area contributed by atoms with Gasteiger partial charge in [0, 0.05) is 25.7 Å². The SMILES string of the molecule is COC(C)CNC(C)(CN)Cc1ccccc1F. The zero-order valence-corrected chi connectivity index (χ0v) is 11.4. The van der Waals surface area contributed by atoms with Crippen LogP contribution in [0.4, 0.5) is 4.39 Å². The van der Waals surface area contributed by atoms with Crippen molar-refractivity contribution >= 4 is 0 Å². The molecular formula is C14H23FN2O. The van der Waals surface area contributed by atoms with Gasteiger partial charge < -0.3 is 15.8 Å². The van der Waals surface area contributed by atoms with E-state index in [0.717, 1.165) is 0 Å². The number of rotatable bonds is 7. The summed E-state index contributed by atoms with van der Waals surface area (Å²) in [6.45, 7) is 5.12. The number of hydrogen-bond acceptors (Lipinski definition) is 3. The number of halogens is 1. The minimum absolute atomic E-state index is 0.108. The van der Waals surface area contributed by atoms with E-state index >= 15 is 0 Å². The maximum absolute atomic E-state index is 13.6. The summed E-state index contributed by atoms with van der Waals surface area (Å²) < 4.78 is 18.8. The van der Waals surface area contributed by atoms with E-state index in [0.29, 0.717) is 25.1 Å². The molecule has 4 heteroatoms. The Kier molecular flexibility index (Phi) is 5.72. The van der Waals surface area contributed by atoms with Crippen LogP contribution in [0, 0.1) is 5.82 Å². The van der Waals surface area contributed by atoms with E-state index in [4.69, 9.17) is 10.5 Å². The fourth-order valence-corrected chi connectivity index (χ4v) is 1.74. The van der Waals surface area contributed by atoms with Crippen molar-refractivity contribution in [1.82, 2.24) is 5.32 Å². The van der Waals surface area contributed by atoms with Crippen LogP contribution in [0.25, 0.3) is 0 Å². The first-order valence-corrected chi connectivity index (χ1v) is 6.22. The smallest absolute Gasteiger partial charge is 0.126 e. The summed E-state index contributed by atoms with van der Waals surface area (Å²) in [5.74, 6) is -0.182. The Labute approximate surface area is 109 Å². The third-order valence-corrected chi connectivity index (χ3v) is 3.21. The van der Waals surface area contributed by atoms with E-state index in [9.17, 15) is 4.39 Å². The first kappa shape index (κ1) is 15.1. The molecule has 0 aliphatic heterocycles. The molecule has 0 aliphatic carbocycles. The van der Waals surface area contributed by atoms with E-state index < -0.39 is 0 Å². The van der Waals surface area contributed by atoms with Gasteiger partial charge in [-0.05, 0) is 31.9 Å². The molecule has 0 saturated carbocycles. The van der Waals surface area contributed by atoms with Gasteiger partial charge in [-0.3, -0.25) is 0 Å². The molecule has 1 rings (SSSR count). The number of nitrogens with one attached hydrogen (secondary N) is 1. The predicted molar refractivity (Wildman–Crippen MR) is 72.0 cm³/mol. The Morgan fingerprint density at radius 2 is 2.11 bits per heavy atom. The van der Waals surface area contributed by atoms with Crippen LogP contribution in [0.5, 0.6) is 0 Å². The van der Waals surface area contributed by atoms with E-state index in [-0.39, 0.29) is 17.5 Å². The molecule has 1 aromatic rings. The number of ether oxygens (including phenoxy) is 1. The molecule has 0 fully saturated rings. The van der Waals surface area contributed by atoms with Gasteiger partial charge in [0.25, 0.3) is 0 Å². The second-order valence-corrected chi connectivity index (χ2v) is 4.96. The summed E-state index contributed by atoms with van der Waals surface area (Å²) in [7, 11) is 1.67. The Hall–Kier alpha value is -0.970. The summed E-state index contributed by atoms with van der Waals surface area (Å²) in [6.07, 6.45) is 0.670. The molecule has 2 unspecified atom stereocenters. The van der Waals surface area contributed by atoms with Crippen LogP contribution in [-0.4, -0.2) is 31.8 Å². The standard InChI is InChI=1S/C14H23FN2O/c1-11(18-3)9-17-14(2,10-16)8-12-6-4-5-7-13(12)15/h4-7,11,17H,8-10,16H2,1-3H3. The molecule has 0 aliphatic rings. The van der Waals surface area contributed by atoms with Crippen LogP contribution < -0.4 is 11.1 Å². The highest BCUT2D eigenvalue weighted by Gasteiger charge is 2.24.